The van der Waals surface area contributed by atoms with Crippen molar-refractivity contribution in [2.24, 2.45) is 5.92 Å². The molecule has 0 aromatic rings. The Bertz CT molecular complexity index is 351. The Balaban J connectivity index is 1.99. The van der Waals surface area contributed by atoms with Gasteiger partial charge in [-0.1, -0.05) is 13.5 Å². The number of aliphatic hydroxyl groups is 1. The number of carbonyl (C=O) groups is 1. The first kappa shape index (κ1) is 14.5. The molecule has 1 aliphatic heterocycles. The van der Waals surface area contributed by atoms with E-state index in [2.05, 4.69) is 13.5 Å². The maximum Gasteiger partial charge on any atom is 0.333 e. The molecule has 108 valence electrons. The van der Waals surface area contributed by atoms with Gasteiger partial charge >= 0.3 is 5.97 Å². The van der Waals surface area contributed by atoms with Gasteiger partial charge in [0.1, 0.15) is 6.10 Å². The SMILES string of the molecule is C=C(C)C(=O)OC1CC2(CCC1O)OCC(C)CO2. The molecule has 5 heteroatoms. The maximum absolute atomic E-state index is 11.6. The Morgan fingerprint density at radius 1 is 1.42 bits per heavy atom. The fraction of sp³-hybridized carbons (Fsp3) is 0.786. The van der Waals surface area contributed by atoms with E-state index in [1.54, 1.807) is 6.92 Å². The van der Waals surface area contributed by atoms with Crippen molar-refractivity contribution in [3.63, 3.8) is 0 Å². The second-order valence-corrected chi connectivity index (χ2v) is 5.67. The average molecular weight is 270 g/mol. The summed E-state index contributed by atoms with van der Waals surface area (Å²) < 4.78 is 16.9. The van der Waals surface area contributed by atoms with Crippen LogP contribution in [0.1, 0.15) is 33.1 Å². The van der Waals surface area contributed by atoms with Crippen molar-refractivity contribution in [3.8, 4) is 0 Å². The van der Waals surface area contributed by atoms with Crippen molar-refractivity contribution in [2.45, 2.75) is 51.1 Å². The quantitative estimate of drug-likeness (QED) is 0.607. The van der Waals surface area contributed by atoms with E-state index in [0.29, 0.717) is 44.0 Å². The van der Waals surface area contributed by atoms with Crippen molar-refractivity contribution in [3.05, 3.63) is 12.2 Å². The molecule has 0 aromatic heterocycles. The number of hydrogen-bond acceptors (Lipinski definition) is 5. The van der Waals surface area contributed by atoms with Crippen LogP contribution in [0.15, 0.2) is 12.2 Å². The number of carbonyl (C=O) groups excluding carboxylic acids is 1. The molecule has 1 spiro atoms. The van der Waals surface area contributed by atoms with Gasteiger partial charge in [0.2, 0.25) is 0 Å². The highest BCUT2D eigenvalue weighted by atomic mass is 16.7. The molecule has 5 nitrogen and oxygen atoms in total. The Morgan fingerprint density at radius 2 is 2.05 bits per heavy atom. The van der Waals surface area contributed by atoms with Crippen molar-refractivity contribution < 1.29 is 24.1 Å². The monoisotopic (exact) mass is 270 g/mol. The lowest BCUT2D eigenvalue weighted by atomic mass is 9.88. The van der Waals surface area contributed by atoms with E-state index < -0.39 is 24.0 Å². The van der Waals surface area contributed by atoms with Gasteiger partial charge in [-0.15, -0.1) is 0 Å². The van der Waals surface area contributed by atoms with E-state index in [-0.39, 0.29) is 0 Å². The molecule has 2 rings (SSSR count). The normalized spacial score (nSPS) is 39.0. The van der Waals surface area contributed by atoms with Crippen LogP contribution in [-0.2, 0) is 19.0 Å². The van der Waals surface area contributed by atoms with Gasteiger partial charge in [-0.3, -0.25) is 0 Å². The van der Waals surface area contributed by atoms with E-state index in [1.807, 2.05) is 0 Å². The second kappa shape index (κ2) is 5.61. The fourth-order valence-electron chi connectivity index (χ4n) is 2.40. The third-order valence-electron chi connectivity index (χ3n) is 3.63. The lowest BCUT2D eigenvalue weighted by Crippen LogP contribution is -2.52. The lowest BCUT2D eigenvalue weighted by Gasteiger charge is -2.45. The van der Waals surface area contributed by atoms with Gasteiger partial charge in [0.15, 0.2) is 5.79 Å². The summed E-state index contributed by atoms with van der Waals surface area (Å²) >= 11 is 0. The summed E-state index contributed by atoms with van der Waals surface area (Å²) in [5.74, 6) is -0.814. The second-order valence-electron chi connectivity index (χ2n) is 5.67. The summed E-state index contributed by atoms with van der Waals surface area (Å²) in [6.45, 7) is 8.46. The Kier molecular flexibility index (Phi) is 4.28. The summed E-state index contributed by atoms with van der Waals surface area (Å²) in [5.41, 5.74) is 0.325. The zero-order valence-corrected chi connectivity index (χ0v) is 11.6. The number of esters is 1. The van der Waals surface area contributed by atoms with Crippen LogP contribution in [0, 0.1) is 5.92 Å². The number of ether oxygens (including phenoxy) is 3. The van der Waals surface area contributed by atoms with Crippen LogP contribution in [0.3, 0.4) is 0 Å². The van der Waals surface area contributed by atoms with Crippen molar-refractivity contribution in [2.75, 3.05) is 13.2 Å². The predicted molar refractivity (Wildman–Crippen MR) is 68.4 cm³/mol. The third kappa shape index (κ3) is 3.35. The first-order valence-corrected chi connectivity index (χ1v) is 6.74. The molecule has 0 bridgehead atoms. The van der Waals surface area contributed by atoms with Gasteiger partial charge in [0, 0.05) is 24.3 Å². The molecule has 0 aromatic carbocycles. The topological polar surface area (TPSA) is 65.0 Å². The van der Waals surface area contributed by atoms with Crippen molar-refractivity contribution in [1.82, 2.24) is 0 Å². The van der Waals surface area contributed by atoms with Gasteiger partial charge < -0.3 is 19.3 Å². The molecule has 19 heavy (non-hydrogen) atoms. The Morgan fingerprint density at radius 3 is 2.63 bits per heavy atom. The lowest BCUT2D eigenvalue weighted by molar-refractivity contribution is -0.310. The molecule has 2 aliphatic rings. The molecule has 2 unspecified atom stereocenters. The summed E-state index contributed by atoms with van der Waals surface area (Å²) in [7, 11) is 0. The molecule has 2 atom stereocenters. The highest BCUT2D eigenvalue weighted by molar-refractivity contribution is 5.87. The van der Waals surface area contributed by atoms with Crippen LogP contribution in [0.5, 0.6) is 0 Å². The third-order valence-corrected chi connectivity index (χ3v) is 3.63. The molecule has 1 N–H and O–H groups in total. The van der Waals surface area contributed by atoms with E-state index in [4.69, 9.17) is 14.2 Å². The van der Waals surface area contributed by atoms with E-state index in [9.17, 15) is 9.90 Å². The van der Waals surface area contributed by atoms with Gasteiger partial charge in [0.05, 0.1) is 19.3 Å². The molecule has 0 radical (unpaired) electrons. The minimum atomic E-state index is -0.703. The number of hydrogen-bond donors (Lipinski definition) is 1. The molecular formula is C14H22O5. The molecular weight excluding hydrogens is 248 g/mol. The fourth-order valence-corrected chi connectivity index (χ4v) is 2.40. The minimum Gasteiger partial charge on any atom is -0.456 e. The van der Waals surface area contributed by atoms with Crippen LogP contribution >= 0.6 is 0 Å². The van der Waals surface area contributed by atoms with Crippen LogP contribution < -0.4 is 0 Å². The summed E-state index contributed by atoms with van der Waals surface area (Å²) in [6, 6.07) is 0. The van der Waals surface area contributed by atoms with Crippen molar-refractivity contribution in [1.29, 1.82) is 0 Å². The molecule has 1 heterocycles. The number of rotatable bonds is 2. The van der Waals surface area contributed by atoms with Crippen molar-refractivity contribution >= 4 is 5.97 Å². The Hall–Kier alpha value is -0.910. The van der Waals surface area contributed by atoms with Crippen LogP contribution in [0.2, 0.25) is 0 Å². The maximum atomic E-state index is 11.6. The zero-order valence-electron chi connectivity index (χ0n) is 11.6. The van der Waals surface area contributed by atoms with Gasteiger partial charge in [-0.2, -0.15) is 0 Å². The smallest absolute Gasteiger partial charge is 0.333 e. The summed E-state index contributed by atoms with van der Waals surface area (Å²) in [4.78, 5) is 11.6. The van der Waals surface area contributed by atoms with E-state index >= 15 is 0 Å². The first-order chi connectivity index (χ1) is 8.92. The summed E-state index contributed by atoms with van der Waals surface area (Å²) in [6.07, 6.45) is 0.247. The van der Waals surface area contributed by atoms with Crippen LogP contribution in [-0.4, -0.2) is 42.3 Å². The highest BCUT2D eigenvalue weighted by Crippen LogP contribution is 2.37. The van der Waals surface area contributed by atoms with E-state index in [1.165, 1.54) is 0 Å². The standard InChI is InChI=1S/C14H22O5/c1-9(2)13(16)19-12-6-14(5-4-11(12)15)17-7-10(3)8-18-14/h10-12,15H,1,4-8H2,2-3H3. The molecule has 1 saturated carbocycles. The largest absolute Gasteiger partial charge is 0.456 e. The first-order valence-electron chi connectivity index (χ1n) is 6.74. The van der Waals surface area contributed by atoms with Gasteiger partial charge in [-0.05, 0) is 13.3 Å². The molecule has 1 aliphatic carbocycles. The summed E-state index contributed by atoms with van der Waals surface area (Å²) in [5, 5.41) is 9.95. The van der Waals surface area contributed by atoms with Crippen LogP contribution in [0.4, 0.5) is 0 Å². The molecule has 2 fully saturated rings. The molecule has 0 amide bonds. The van der Waals surface area contributed by atoms with Gasteiger partial charge in [0.25, 0.3) is 0 Å². The molecule has 1 saturated heterocycles. The minimum absolute atomic E-state index is 0.325. The van der Waals surface area contributed by atoms with Gasteiger partial charge in [-0.25, -0.2) is 4.79 Å². The average Bonchev–Trinajstić information content (AvgIpc) is 2.37. The zero-order chi connectivity index (χ0) is 14.0. The predicted octanol–water partition coefficient (Wildman–Crippen LogP) is 1.40. The highest BCUT2D eigenvalue weighted by Gasteiger charge is 2.46. The van der Waals surface area contributed by atoms with Crippen LogP contribution in [0.25, 0.3) is 0 Å². The Labute approximate surface area is 113 Å². The number of aliphatic hydroxyl groups excluding tert-OH is 1. The van der Waals surface area contributed by atoms with E-state index in [0.717, 1.165) is 0 Å².